The molecule has 3 heterocycles. The molecule has 0 saturated carbocycles. The number of fused-ring (bicyclic) bond motifs is 1. The van der Waals surface area contributed by atoms with Gasteiger partial charge in [-0.3, -0.25) is 14.5 Å². The Labute approximate surface area is 267 Å². The van der Waals surface area contributed by atoms with E-state index in [0.717, 1.165) is 0 Å². The van der Waals surface area contributed by atoms with Gasteiger partial charge in [0.2, 0.25) is 11.8 Å². The van der Waals surface area contributed by atoms with Crippen LogP contribution in [-0.4, -0.2) is 70.9 Å². The van der Waals surface area contributed by atoms with Gasteiger partial charge in [-0.2, -0.15) is 26.3 Å². The van der Waals surface area contributed by atoms with Crippen LogP contribution in [0, 0.1) is 5.82 Å². The molecule has 3 aliphatic heterocycles. The number of hydrogen-bond donors (Lipinski definition) is 1. The van der Waals surface area contributed by atoms with Crippen LogP contribution in [-0.2, 0) is 26.7 Å². The van der Waals surface area contributed by atoms with Gasteiger partial charge < -0.3 is 15.0 Å². The van der Waals surface area contributed by atoms with Gasteiger partial charge in [0.1, 0.15) is 11.7 Å². The molecule has 0 aliphatic carbocycles. The summed E-state index contributed by atoms with van der Waals surface area (Å²) < 4.78 is 102. The van der Waals surface area contributed by atoms with Crippen LogP contribution < -0.4 is 5.32 Å². The fourth-order valence-electron chi connectivity index (χ4n) is 7.09. The smallest absolute Gasteiger partial charge is 0.368 e. The van der Waals surface area contributed by atoms with Crippen LogP contribution in [0.15, 0.2) is 42.5 Å². The van der Waals surface area contributed by atoms with Crippen molar-refractivity contribution in [1.82, 2.24) is 15.1 Å². The molecule has 3 fully saturated rings. The number of carbonyl (C=O) groups excluding carboxylic acids is 2. The topological polar surface area (TPSA) is 61.9 Å². The molecule has 6 nitrogen and oxygen atoms in total. The largest absolute Gasteiger partial charge is 0.416 e. The molecular weight excluding hydrogens is 643 g/mol. The monoisotopic (exact) mass is 677 g/mol. The van der Waals surface area contributed by atoms with E-state index in [2.05, 4.69) is 10.2 Å². The van der Waals surface area contributed by atoms with Crippen LogP contribution in [0.3, 0.4) is 0 Å². The molecule has 2 aromatic carbocycles. The summed E-state index contributed by atoms with van der Waals surface area (Å²) in [6.07, 6.45) is -9.94. The van der Waals surface area contributed by atoms with E-state index in [4.69, 9.17) is 16.3 Å². The predicted octanol–water partition coefficient (Wildman–Crippen LogP) is 6.68. The molecule has 1 N–H and O–H groups in total. The number of hydrogen-bond acceptors (Lipinski definition) is 4. The molecule has 5 rings (SSSR count). The molecule has 5 atom stereocenters. The molecular formula is C32H35ClF7N3O3. The first-order chi connectivity index (χ1) is 21.5. The Hall–Kier alpha value is -2.90. The van der Waals surface area contributed by atoms with Crippen molar-refractivity contribution in [3.8, 4) is 0 Å². The van der Waals surface area contributed by atoms with E-state index in [1.165, 1.54) is 19.1 Å². The zero-order valence-corrected chi connectivity index (χ0v) is 26.0. The van der Waals surface area contributed by atoms with E-state index in [9.17, 15) is 40.3 Å². The van der Waals surface area contributed by atoms with Crippen molar-refractivity contribution >= 4 is 23.4 Å². The molecule has 0 spiro atoms. The fourth-order valence-corrected chi connectivity index (χ4v) is 7.15. The third-order valence-corrected chi connectivity index (χ3v) is 9.77. The van der Waals surface area contributed by atoms with Gasteiger partial charge in [0.15, 0.2) is 0 Å². The van der Waals surface area contributed by atoms with Gasteiger partial charge in [-0.25, -0.2) is 4.39 Å². The van der Waals surface area contributed by atoms with Crippen molar-refractivity contribution in [2.45, 2.75) is 87.6 Å². The lowest BCUT2D eigenvalue weighted by atomic mass is 9.82. The van der Waals surface area contributed by atoms with Gasteiger partial charge in [-0.15, -0.1) is 11.6 Å². The average molecular weight is 678 g/mol. The SMILES string of the molecule is C[C@@H](O[C@H]1CN2C(=O)CC(N3CCC(C)(NC(=O)CCl)CC3)C[C@H]2[C@@H]1c1ccc(F)cc1)c1cc(C(F)(F)F)cc(C(F)(F)F)c1. The van der Waals surface area contributed by atoms with E-state index in [0.29, 0.717) is 50.0 Å². The number of rotatable bonds is 7. The highest BCUT2D eigenvalue weighted by Crippen LogP contribution is 2.45. The average Bonchev–Trinajstić information content (AvgIpc) is 3.34. The van der Waals surface area contributed by atoms with Crippen molar-refractivity contribution < 1.29 is 45.1 Å². The van der Waals surface area contributed by atoms with Crippen molar-refractivity contribution in [2.24, 2.45) is 0 Å². The normalized spacial score (nSPS) is 26.1. The second-order valence-corrected chi connectivity index (χ2v) is 13.0. The molecule has 0 radical (unpaired) electrons. The maximum atomic E-state index is 13.9. The van der Waals surface area contributed by atoms with Gasteiger partial charge in [0, 0.05) is 49.6 Å². The molecule has 3 aliphatic rings. The third kappa shape index (κ3) is 7.46. The van der Waals surface area contributed by atoms with Gasteiger partial charge in [0.25, 0.3) is 0 Å². The van der Waals surface area contributed by atoms with E-state index >= 15 is 0 Å². The summed E-state index contributed by atoms with van der Waals surface area (Å²) in [4.78, 5) is 29.3. The zero-order valence-electron chi connectivity index (χ0n) is 25.2. The third-order valence-electron chi connectivity index (χ3n) is 9.53. The lowest BCUT2D eigenvalue weighted by Gasteiger charge is -2.46. The molecule has 3 saturated heterocycles. The van der Waals surface area contributed by atoms with E-state index in [-0.39, 0.29) is 48.3 Å². The van der Waals surface area contributed by atoms with Gasteiger partial charge in [-0.05, 0) is 74.6 Å². The van der Waals surface area contributed by atoms with Gasteiger partial charge in [-0.1, -0.05) is 12.1 Å². The molecule has 1 unspecified atom stereocenters. The second-order valence-electron chi connectivity index (χ2n) is 12.7. The van der Waals surface area contributed by atoms with Crippen molar-refractivity contribution in [3.05, 3.63) is 70.5 Å². The Balaban J connectivity index is 1.40. The first kappa shape index (κ1) is 34.4. The highest BCUT2D eigenvalue weighted by molar-refractivity contribution is 6.27. The number of benzene rings is 2. The Morgan fingerprint density at radius 1 is 1.04 bits per heavy atom. The first-order valence-corrected chi connectivity index (χ1v) is 15.6. The molecule has 2 aromatic rings. The number of piperidine rings is 2. The number of alkyl halides is 7. The van der Waals surface area contributed by atoms with Crippen LogP contribution in [0.4, 0.5) is 30.7 Å². The maximum Gasteiger partial charge on any atom is 0.416 e. The standard InChI is InChI=1S/C32H35ClF7N3O3/c1-18(20-11-21(31(35,36)37)13-22(12-20)32(38,39)40)46-26-17-43-25(29(26)19-3-5-23(34)6-4-19)14-24(15-28(43)45)42-9-7-30(2,8-10-42)41-27(44)16-33/h3-6,11-13,18,24-26,29H,7-10,14-17H2,1-2H3,(H,41,44)/t18-,24?,25+,26+,29+/m1/s1. The number of likely N-dealkylation sites (tertiary alicyclic amines) is 1. The van der Waals surface area contributed by atoms with Crippen molar-refractivity contribution in [3.63, 3.8) is 0 Å². The fraction of sp³-hybridized carbons (Fsp3) is 0.562. The predicted molar refractivity (Wildman–Crippen MR) is 155 cm³/mol. The summed E-state index contributed by atoms with van der Waals surface area (Å²) in [5.41, 5.74) is -2.96. The lowest BCUT2D eigenvalue weighted by molar-refractivity contribution is -0.143. The van der Waals surface area contributed by atoms with E-state index in [1.807, 2.05) is 6.92 Å². The number of halogens is 8. The summed E-state index contributed by atoms with van der Waals surface area (Å²) in [5.74, 6) is -1.54. The summed E-state index contributed by atoms with van der Waals surface area (Å²) in [7, 11) is 0. The maximum absolute atomic E-state index is 13.9. The Kier molecular flexibility index (Phi) is 9.70. The summed E-state index contributed by atoms with van der Waals surface area (Å²) in [6.45, 7) is 4.66. The van der Waals surface area contributed by atoms with Crippen molar-refractivity contribution in [1.29, 1.82) is 0 Å². The Morgan fingerprint density at radius 3 is 2.17 bits per heavy atom. The highest BCUT2D eigenvalue weighted by Gasteiger charge is 2.51. The van der Waals surface area contributed by atoms with Gasteiger partial charge in [0.05, 0.1) is 23.3 Å². The zero-order chi connectivity index (χ0) is 33.6. The highest BCUT2D eigenvalue weighted by atomic mass is 35.5. The van der Waals surface area contributed by atoms with Crippen molar-refractivity contribution in [2.75, 3.05) is 25.5 Å². The number of carbonyl (C=O) groups is 2. The molecule has 14 heteroatoms. The minimum Gasteiger partial charge on any atom is -0.368 e. The van der Waals surface area contributed by atoms with Gasteiger partial charge >= 0.3 is 12.4 Å². The molecule has 0 bridgehead atoms. The van der Waals surface area contributed by atoms with Crippen LogP contribution in [0.5, 0.6) is 0 Å². The van der Waals surface area contributed by atoms with Crippen LogP contribution in [0.2, 0.25) is 0 Å². The number of ether oxygens (including phenoxy) is 1. The van der Waals surface area contributed by atoms with Crippen LogP contribution in [0.25, 0.3) is 0 Å². The summed E-state index contributed by atoms with van der Waals surface area (Å²) >= 11 is 5.67. The molecule has 252 valence electrons. The number of amides is 2. The minimum absolute atomic E-state index is 0.0706. The second kappa shape index (κ2) is 13.0. The van der Waals surface area contributed by atoms with Crippen LogP contribution >= 0.6 is 11.6 Å². The summed E-state index contributed by atoms with van der Waals surface area (Å²) in [5, 5.41) is 2.96. The van der Waals surface area contributed by atoms with E-state index in [1.54, 1.807) is 17.0 Å². The molecule has 2 amide bonds. The Morgan fingerprint density at radius 2 is 1.63 bits per heavy atom. The van der Waals surface area contributed by atoms with Crippen LogP contribution in [0.1, 0.15) is 73.8 Å². The number of nitrogens with zero attached hydrogens (tertiary/aromatic N) is 2. The quantitative estimate of drug-likeness (QED) is 0.263. The molecule has 0 aromatic heterocycles. The van der Waals surface area contributed by atoms with E-state index < -0.39 is 59.0 Å². The summed E-state index contributed by atoms with van der Waals surface area (Å²) in [6, 6.07) is 6.50. The lowest BCUT2D eigenvalue weighted by Crippen LogP contribution is -2.58. The first-order valence-electron chi connectivity index (χ1n) is 15.1. The Bertz CT molecular complexity index is 1400. The minimum atomic E-state index is -5.01. The number of nitrogens with one attached hydrogen (secondary N) is 1. The molecule has 46 heavy (non-hydrogen) atoms.